The fraction of sp³-hybridized carbons (Fsp3) is 0.450. The van der Waals surface area contributed by atoms with Crippen molar-refractivity contribution >= 4 is 22.9 Å². The summed E-state index contributed by atoms with van der Waals surface area (Å²) in [6.45, 7) is 5.91. The van der Waals surface area contributed by atoms with E-state index in [1.807, 2.05) is 6.07 Å². The molecule has 1 aromatic carbocycles. The smallest absolute Gasteiger partial charge is 0.280 e. The van der Waals surface area contributed by atoms with Crippen molar-refractivity contribution in [3.8, 4) is 0 Å². The van der Waals surface area contributed by atoms with Crippen LogP contribution in [0.1, 0.15) is 41.7 Å². The molecule has 3 nitrogen and oxygen atoms in total. The molecule has 126 valence electrons. The molecule has 4 heteroatoms. The second-order valence-corrected chi connectivity index (χ2v) is 7.93. The van der Waals surface area contributed by atoms with Crippen LogP contribution in [0, 0.1) is 13.8 Å². The van der Waals surface area contributed by atoms with Crippen LogP contribution in [-0.2, 0) is 5.72 Å². The normalized spacial score (nSPS) is 24.2. The Morgan fingerprint density at radius 3 is 2.79 bits per heavy atom. The van der Waals surface area contributed by atoms with E-state index in [9.17, 15) is 5.11 Å². The van der Waals surface area contributed by atoms with Gasteiger partial charge in [-0.2, -0.15) is 0 Å². The largest absolute Gasteiger partial charge is 0.346 e. The number of aryl methyl sites for hydroxylation is 1. The molecule has 0 fully saturated rings. The van der Waals surface area contributed by atoms with Gasteiger partial charge in [0.1, 0.15) is 5.69 Å². The Morgan fingerprint density at radius 1 is 1.12 bits per heavy atom. The van der Waals surface area contributed by atoms with Crippen LogP contribution in [0.5, 0.6) is 0 Å². The second kappa shape index (κ2) is 6.01. The third-order valence-electron chi connectivity index (χ3n) is 5.51. The van der Waals surface area contributed by atoms with Crippen LogP contribution in [0.15, 0.2) is 35.7 Å². The van der Waals surface area contributed by atoms with Crippen molar-refractivity contribution in [2.24, 2.45) is 0 Å². The second-order valence-electron chi connectivity index (χ2n) is 6.98. The molecule has 2 aliphatic rings. The molecule has 3 heterocycles. The number of β-amino-alcohol motifs (C(OH)–C–C–N with tert-alkyl or cyclic N) is 1. The Labute approximate surface area is 147 Å². The fourth-order valence-corrected chi connectivity index (χ4v) is 4.86. The minimum Gasteiger partial charge on any atom is -0.346 e. The van der Waals surface area contributed by atoms with E-state index in [0.717, 1.165) is 24.3 Å². The number of rotatable bonds is 2. The van der Waals surface area contributed by atoms with Crippen molar-refractivity contribution in [3.63, 3.8) is 0 Å². The molecule has 0 bridgehead atoms. The van der Waals surface area contributed by atoms with Crippen molar-refractivity contribution in [1.29, 1.82) is 0 Å². The zero-order valence-corrected chi connectivity index (χ0v) is 15.3. The molecule has 2 aliphatic heterocycles. The summed E-state index contributed by atoms with van der Waals surface area (Å²) in [5.41, 5.74) is 2.96. The molecule has 0 spiro atoms. The van der Waals surface area contributed by atoms with Gasteiger partial charge in [0, 0.05) is 6.42 Å². The van der Waals surface area contributed by atoms with Crippen LogP contribution in [0.2, 0.25) is 0 Å². The van der Waals surface area contributed by atoms with Crippen LogP contribution in [0.3, 0.4) is 0 Å². The van der Waals surface area contributed by atoms with E-state index in [-0.39, 0.29) is 0 Å². The van der Waals surface area contributed by atoms with Crippen molar-refractivity contribution in [2.75, 3.05) is 18.0 Å². The highest BCUT2D eigenvalue weighted by Gasteiger charge is 2.52. The third kappa shape index (κ3) is 2.40. The van der Waals surface area contributed by atoms with E-state index in [4.69, 9.17) is 0 Å². The first-order valence-electron chi connectivity index (χ1n) is 8.85. The van der Waals surface area contributed by atoms with Crippen molar-refractivity contribution in [3.05, 3.63) is 51.7 Å². The van der Waals surface area contributed by atoms with E-state index in [1.165, 1.54) is 35.5 Å². The summed E-state index contributed by atoms with van der Waals surface area (Å²) in [5, 5.41) is 13.7. The Balaban J connectivity index is 1.85. The molecule has 2 aromatic rings. The minimum absolute atomic E-state index is 0.618. The Bertz CT molecular complexity index is 781. The maximum atomic E-state index is 11.6. The molecule has 0 saturated heterocycles. The minimum atomic E-state index is -0.899. The molecule has 1 aromatic heterocycles. The average Bonchev–Trinajstić information content (AvgIpc) is 3.12. The number of benzene rings is 1. The first kappa shape index (κ1) is 15.9. The van der Waals surface area contributed by atoms with Gasteiger partial charge in [0.2, 0.25) is 0 Å². The summed E-state index contributed by atoms with van der Waals surface area (Å²) in [4.78, 5) is 3.42. The van der Waals surface area contributed by atoms with Crippen molar-refractivity contribution < 1.29 is 9.68 Å². The topological polar surface area (TPSA) is 26.5 Å². The van der Waals surface area contributed by atoms with Gasteiger partial charge in [0.05, 0.1) is 11.4 Å². The summed E-state index contributed by atoms with van der Waals surface area (Å²) < 4.78 is 2.27. The van der Waals surface area contributed by atoms with Crippen LogP contribution in [0.25, 0.3) is 0 Å². The van der Waals surface area contributed by atoms with Gasteiger partial charge in [0.25, 0.3) is 11.6 Å². The molecule has 24 heavy (non-hydrogen) atoms. The molecule has 1 N–H and O–H groups in total. The number of hydrogen-bond donors (Lipinski definition) is 1. The summed E-state index contributed by atoms with van der Waals surface area (Å²) in [6.07, 6.45) is 4.63. The van der Waals surface area contributed by atoms with Crippen molar-refractivity contribution in [1.82, 2.24) is 0 Å². The first-order valence-corrected chi connectivity index (χ1v) is 9.73. The van der Waals surface area contributed by atoms with Crippen LogP contribution in [0.4, 0.5) is 5.69 Å². The lowest BCUT2D eigenvalue weighted by Crippen LogP contribution is -2.40. The van der Waals surface area contributed by atoms with Gasteiger partial charge in [-0.05, 0) is 61.7 Å². The first-order chi connectivity index (χ1) is 11.6. The number of hydrogen-bond acceptors (Lipinski definition) is 3. The number of nitrogens with zero attached hydrogens (tertiary/aromatic N) is 2. The lowest BCUT2D eigenvalue weighted by atomic mass is 10.1. The monoisotopic (exact) mass is 341 g/mol. The quantitative estimate of drug-likeness (QED) is 0.835. The van der Waals surface area contributed by atoms with Gasteiger partial charge >= 0.3 is 0 Å². The number of aliphatic hydroxyl groups is 1. The van der Waals surface area contributed by atoms with E-state index in [1.54, 1.807) is 11.3 Å². The summed E-state index contributed by atoms with van der Waals surface area (Å²) in [7, 11) is 0. The highest BCUT2D eigenvalue weighted by Crippen LogP contribution is 2.38. The van der Waals surface area contributed by atoms with Gasteiger partial charge in [-0.15, -0.1) is 11.3 Å². The maximum absolute atomic E-state index is 11.6. The maximum Gasteiger partial charge on any atom is 0.280 e. The van der Waals surface area contributed by atoms with Gasteiger partial charge in [-0.3, -0.25) is 0 Å². The highest BCUT2D eigenvalue weighted by molar-refractivity contribution is 7.10. The number of amidine groups is 1. The molecule has 0 amide bonds. The molecular formula is C20H25N2OS+. The van der Waals surface area contributed by atoms with Crippen LogP contribution >= 0.6 is 11.3 Å². The molecule has 1 atom stereocenters. The molecule has 4 rings (SSSR count). The number of anilines is 1. The molecular weight excluding hydrogens is 316 g/mol. The zero-order valence-electron chi connectivity index (χ0n) is 14.5. The van der Waals surface area contributed by atoms with E-state index < -0.39 is 5.72 Å². The predicted octanol–water partition coefficient (Wildman–Crippen LogP) is 4.02. The average molecular weight is 342 g/mol. The Hall–Kier alpha value is -1.65. The summed E-state index contributed by atoms with van der Waals surface area (Å²) in [5.74, 6) is 1.29. The van der Waals surface area contributed by atoms with Crippen LogP contribution < -0.4 is 4.90 Å². The van der Waals surface area contributed by atoms with Gasteiger partial charge in [0.15, 0.2) is 6.54 Å². The summed E-state index contributed by atoms with van der Waals surface area (Å²) >= 11 is 1.65. The van der Waals surface area contributed by atoms with E-state index in [0.29, 0.717) is 6.54 Å². The van der Waals surface area contributed by atoms with Gasteiger partial charge in [-0.25, -0.2) is 9.48 Å². The predicted molar refractivity (Wildman–Crippen MR) is 100 cm³/mol. The lowest BCUT2D eigenvalue weighted by Gasteiger charge is -2.22. The fourth-order valence-electron chi connectivity index (χ4n) is 4.04. The lowest BCUT2D eigenvalue weighted by molar-refractivity contribution is -0.657. The van der Waals surface area contributed by atoms with Gasteiger partial charge < -0.3 is 5.11 Å². The standard InChI is InChI=1S/C20H25N2OS/c1-15-8-6-9-17(16(15)2)21-14-20(23,18-10-7-13-24-18)22-12-5-3-4-11-19(21)22/h6-10,13,23H,3-5,11-12,14H2,1-2H3/q+1. The highest BCUT2D eigenvalue weighted by atomic mass is 32.1. The molecule has 0 saturated carbocycles. The van der Waals surface area contributed by atoms with E-state index >= 15 is 0 Å². The third-order valence-corrected chi connectivity index (χ3v) is 6.52. The number of thiophene rings is 1. The molecule has 1 unspecified atom stereocenters. The summed E-state index contributed by atoms with van der Waals surface area (Å²) in [6, 6.07) is 10.6. The van der Waals surface area contributed by atoms with Crippen LogP contribution in [-0.4, -0.2) is 28.6 Å². The zero-order chi connectivity index (χ0) is 16.7. The van der Waals surface area contributed by atoms with Crippen molar-refractivity contribution in [2.45, 2.75) is 45.3 Å². The van der Waals surface area contributed by atoms with Gasteiger partial charge in [-0.1, -0.05) is 18.2 Å². The molecule has 0 radical (unpaired) electrons. The molecule has 0 aliphatic carbocycles. The Morgan fingerprint density at radius 2 is 2.00 bits per heavy atom. The Kier molecular flexibility index (Phi) is 3.97. The van der Waals surface area contributed by atoms with E-state index in [2.05, 4.69) is 53.0 Å². The SMILES string of the molecule is Cc1cccc(N2CC(O)(c3cccs3)[N+]3=C2CCCCC3)c1C.